The van der Waals surface area contributed by atoms with Crippen molar-refractivity contribution < 1.29 is 19.1 Å². The maximum atomic E-state index is 13.7. The van der Waals surface area contributed by atoms with Gasteiger partial charge in [-0.05, 0) is 75.4 Å². The largest absolute Gasteiger partial charge is 0.487 e. The van der Waals surface area contributed by atoms with Gasteiger partial charge in [0.25, 0.3) is 5.91 Å². The van der Waals surface area contributed by atoms with Crippen molar-refractivity contribution in [2.75, 3.05) is 20.1 Å². The Hall–Kier alpha value is -3.30. The van der Waals surface area contributed by atoms with Gasteiger partial charge in [-0.25, -0.2) is 0 Å². The van der Waals surface area contributed by atoms with Crippen LogP contribution in [0.3, 0.4) is 0 Å². The van der Waals surface area contributed by atoms with Crippen molar-refractivity contribution in [3.63, 3.8) is 0 Å². The number of carbonyl (C=O) groups is 2. The second-order valence-electron chi connectivity index (χ2n) is 11.8. The number of amides is 1. The van der Waals surface area contributed by atoms with Crippen molar-refractivity contribution in [1.29, 1.82) is 0 Å². The van der Waals surface area contributed by atoms with Gasteiger partial charge < -0.3 is 19.3 Å². The third kappa shape index (κ3) is 3.91. The van der Waals surface area contributed by atoms with Crippen molar-refractivity contribution in [2.24, 2.45) is 11.8 Å². The van der Waals surface area contributed by atoms with Gasteiger partial charge in [0.15, 0.2) is 0 Å². The first-order chi connectivity index (χ1) is 18.3. The third-order valence-corrected chi connectivity index (χ3v) is 9.13. The third-order valence-electron chi connectivity index (χ3n) is 9.13. The molecular formula is C32H36N2O4. The van der Waals surface area contributed by atoms with E-state index in [1.165, 1.54) is 12.5 Å². The molecule has 2 heterocycles. The van der Waals surface area contributed by atoms with Gasteiger partial charge in [0.1, 0.15) is 17.6 Å². The van der Waals surface area contributed by atoms with Crippen LogP contribution in [0.5, 0.6) is 11.5 Å². The summed E-state index contributed by atoms with van der Waals surface area (Å²) < 4.78 is 12.6. The average Bonchev–Trinajstić information content (AvgIpc) is 3.23. The zero-order chi connectivity index (χ0) is 26.6. The molecule has 6 nitrogen and oxygen atoms in total. The number of nitrogens with zero attached hydrogens (tertiary/aromatic N) is 2. The van der Waals surface area contributed by atoms with Crippen molar-refractivity contribution in [3.8, 4) is 23.3 Å². The molecule has 6 rings (SSSR count). The van der Waals surface area contributed by atoms with Crippen LogP contribution in [0.1, 0.15) is 56.7 Å². The zero-order valence-corrected chi connectivity index (χ0v) is 22.7. The van der Waals surface area contributed by atoms with Crippen LogP contribution >= 0.6 is 0 Å². The standard InChI is InChI=1S/C32H36N2O4/c1-20(2)19-34(29(36)15-10-22-8-6-5-7-9-22)25-12-11-24-26-18-23-27(37-21(3)35)13-14-28-30(23)32(24,31(25)38-28)16-17-33(26)4/h5-9,13-14,20,24-26,31H,11-12,16-19H2,1-4H3/t24-,25-,26+,31-,32-/m0/s1. The van der Waals surface area contributed by atoms with Crippen LogP contribution in [-0.4, -0.2) is 60.0 Å². The predicted molar refractivity (Wildman–Crippen MR) is 145 cm³/mol. The smallest absolute Gasteiger partial charge is 0.308 e. The van der Waals surface area contributed by atoms with Gasteiger partial charge in [-0.3, -0.25) is 9.59 Å². The topological polar surface area (TPSA) is 59.1 Å². The number of likely N-dealkylation sites (N-methyl/N-ethyl adjacent to an activating group) is 1. The molecule has 2 bridgehead atoms. The van der Waals surface area contributed by atoms with Gasteiger partial charge in [-0.15, -0.1) is 0 Å². The number of benzene rings is 2. The van der Waals surface area contributed by atoms with Crippen LogP contribution in [0.2, 0.25) is 0 Å². The minimum atomic E-state index is -0.304. The number of piperidine rings is 1. The number of ether oxygens (including phenoxy) is 2. The van der Waals surface area contributed by atoms with Crippen molar-refractivity contribution in [3.05, 3.63) is 59.2 Å². The fourth-order valence-electron chi connectivity index (χ4n) is 7.76. The molecule has 198 valence electrons. The summed E-state index contributed by atoms with van der Waals surface area (Å²) in [6.45, 7) is 7.37. The number of esters is 1. The Kier molecular flexibility index (Phi) is 6.23. The van der Waals surface area contributed by atoms with Crippen molar-refractivity contribution in [1.82, 2.24) is 9.80 Å². The van der Waals surface area contributed by atoms with Crippen LogP contribution < -0.4 is 9.47 Å². The van der Waals surface area contributed by atoms with E-state index in [2.05, 4.69) is 37.6 Å². The molecule has 0 N–H and O–H groups in total. The average molecular weight is 513 g/mol. The summed E-state index contributed by atoms with van der Waals surface area (Å²) in [7, 11) is 2.21. The van der Waals surface area contributed by atoms with E-state index in [0.717, 1.165) is 49.1 Å². The summed E-state index contributed by atoms with van der Waals surface area (Å²) in [4.78, 5) is 30.1. The number of likely N-dealkylation sites (tertiary alicyclic amines) is 1. The number of rotatable bonds is 4. The first-order valence-corrected chi connectivity index (χ1v) is 13.9. The Balaban J connectivity index is 1.42. The number of hydrogen-bond acceptors (Lipinski definition) is 5. The van der Waals surface area contributed by atoms with E-state index in [-0.39, 0.29) is 29.4 Å². The van der Waals surface area contributed by atoms with Crippen LogP contribution in [-0.2, 0) is 21.4 Å². The van der Waals surface area contributed by atoms with Gasteiger partial charge in [-0.1, -0.05) is 38.0 Å². The zero-order valence-electron chi connectivity index (χ0n) is 22.7. The molecule has 1 spiro atoms. The summed E-state index contributed by atoms with van der Waals surface area (Å²) in [5, 5.41) is 0. The van der Waals surface area contributed by atoms with E-state index in [0.29, 0.717) is 30.2 Å². The second kappa shape index (κ2) is 9.47. The van der Waals surface area contributed by atoms with Crippen LogP contribution in [0.15, 0.2) is 42.5 Å². The lowest BCUT2D eigenvalue weighted by Gasteiger charge is -2.60. The first-order valence-electron chi connectivity index (χ1n) is 13.9. The lowest BCUT2D eigenvalue weighted by Crippen LogP contribution is -2.68. The summed E-state index contributed by atoms with van der Waals surface area (Å²) in [5.41, 5.74) is 2.98. The van der Waals surface area contributed by atoms with E-state index in [1.807, 2.05) is 47.4 Å². The van der Waals surface area contributed by atoms with Crippen molar-refractivity contribution >= 4 is 11.9 Å². The Morgan fingerprint density at radius 2 is 1.97 bits per heavy atom. The summed E-state index contributed by atoms with van der Waals surface area (Å²) in [5.74, 6) is 7.88. The molecule has 2 aromatic rings. The van der Waals surface area contributed by atoms with Gasteiger partial charge in [0, 0.05) is 47.5 Å². The Morgan fingerprint density at radius 3 is 2.71 bits per heavy atom. The molecule has 38 heavy (non-hydrogen) atoms. The molecule has 1 saturated heterocycles. The lowest BCUT2D eigenvalue weighted by molar-refractivity contribution is -0.137. The van der Waals surface area contributed by atoms with E-state index in [9.17, 15) is 9.59 Å². The second-order valence-corrected chi connectivity index (χ2v) is 11.8. The molecule has 2 aliphatic carbocycles. The normalized spacial score (nSPS) is 28.6. The van der Waals surface area contributed by atoms with Crippen molar-refractivity contribution in [2.45, 2.75) is 70.1 Å². The maximum Gasteiger partial charge on any atom is 0.308 e. The highest BCUT2D eigenvalue weighted by molar-refractivity contribution is 5.94. The minimum absolute atomic E-state index is 0.0641. The van der Waals surface area contributed by atoms with Crippen LogP contribution in [0, 0.1) is 23.7 Å². The summed E-state index contributed by atoms with van der Waals surface area (Å²) >= 11 is 0. The molecular weight excluding hydrogens is 476 g/mol. The van der Waals surface area contributed by atoms with Gasteiger partial charge in [-0.2, -0.15) is 0 Å². The molecule has 0 aromatic heterocycles. The molecule has 0 unspecified atom stereocenters. The highest BCUT2D eigenvalue weighted by Gasteiger charge is 2.66. The van der Waals surface area contributed by atoms with Gasteiger partial charge in [0.05, 0.1) is 6.04 Å². The molecule has 2 fully saturated rings. The minimum Gasteiger partial charge on any atom is -0.487 e. The first kappa shape index (κ1) is 25.0. The SMILES string of the molecule is CC(=O)Oc1ccc2c3c1C[C@@H]1[C@@H]4CC[C@H](N(CC(C)C)C(=O)C#Cc5ccccc5)[C@H](O2)[C@]34CCN1C. The van der Waals surface area contributed by atoms with Crippen LogP contribution in [0.25, 0.3) is 0 Å². The fourth-order valence-corrected chi connectivity index (χ4v) is 7.76. The van der Waals surface area contributed by atoms with Gasteiger partial charge >= 0.3 is 5.97 Å². The van der Waals surface area contributed by atoms with Gasteiger partial charge in [0.2, 0.25) is 0 Å². The molecule has 2 aliphatic heterocycles. The molecule has 6 heteroatoms. The van der Waals surface area contributed by atoms with Crippen LogP contribution in [0.4, 0.5) is 0 Å². The Morgan fingerprint density at radius 1 is 1.18 bits per heavy atom. The molecule has 1 amide bonds. The summed E-state index contributed by atoms with van der Waals surface area (Å²) in [6.07, 6.45) is 3.61. The van der Waals surface area contributed by atoms with E-state index in [1.54, 1.807) is 0 Å². The molecule has 1 saturated carbocycles. The molecule has 0 radical (unpaired) electrons. The van der Waals surface area contributed by atoms with E-state index in [4.69, 9.17) is 9.47 Å². The maximum absolute atomic E-state index is 13.7. The quantitative estimate of drug-likeness (QED) is 0.349. The fraction of sp³-hybridized carbons (Fsp3) is 0.500. The Bertz CT molecular complexity index is 1330. The molecule has 5 atom stereocenters. The highest BCUT2D eigenvalue weighted by atomic mass is 16.5. The number of hydrogen-bond donors (Lipinski definition) is 0. The van der Waals surface area contributed by atoms with E-state index >= 15 is 0 Å². The Labute approximate surface area is 225 Å². The molecule has 2 aromatic carbocycles. The molecule has 4 aliphatic rings. The monoisotopic (exact) mass is 512 g/mol. The lowest BCUT2D eigenvalue weighted by atomic mass is 9.51. The summed E-state index contributed by atoms with van der Waals surface area (Å²) in [6, 6.07) is 13.8. The van der Waals surface area contributed by atoms with E-state index < -0.39 is 0 Å². The number of carbonyl (C=O) groups excluding carboxylic acids is 2. The highest BCUT2D eigenvalue weighted by Crippen LogP contribution is 2.63. The predicted octanol–water partition coefficient (Wildman–Crippen LogP) is 4.19.